The molecule has 0 radical (unpaired) electrons. The quantitative estimate of drug-likeness (QED) is 0.752. The van der Waals surface area contributed by atoms with Gasteiger partial charge in [-0.1, -0.05) is 0 Å². The fraction of sp³-hybridized carbons (Fsp3) is 0.444. The second kappa shape index (κ2) is 4.33. The van der Waals surface area contributed by atoms with E-state index in [-0.39, 0.29) is 7.53 Å². The lowest BCUT2D eigenvalue weighted by atomic mass is 10.4. The molecule has 3 nitrogen and oxygen atoms in total. The lowest BCUT2D eigenvalue weighted by Gasteiger charge is -2.08. The van der Waals surface area contributed by atoms with Crippen molar-refractivity contribution < 1.29 is 14.2 Å². The van der Waals surface area contributed by atoms with Crippen molar-refractivity contribution in [3.63, 3.8) is 0 Å². The fourth-order valence-electron chi connectivity index (χ4n) is 1.14. The summed E-state index contributed by atoms with van der Waals surface area (Å²) in [5.74, 6) is 6.30. The topological polar surface area (TPSA) is 27.7 Å². The van der Waals surface area contributed by atoms with Gasteiger partial charge in [-0.2, -0.15) is 0 Å². The Labute approximate surface area is 79.3 Å². The second-order valence-electron chi connectivity index (χ2n) is 2.59. The van der Waals surface area contributed by atoms with Crippen LogP contribution in [0.5, 0.6) is 17.2 Å². The minimum absolute atomic E-state index is 0.289. The van der Waals surface area contributed by atoms with Gasteiger partial charge in [-0.15, -0.1) is 0 Å². The molecule has 0 aliphatic rings. The Kier molecular flexibility index (Phi) is 3.38. The van der Waals surface area contributed by atoms with E-state index in [0.29, 0.717) is 5.75 Å². The maximum atomic E-state index is 5.19. The van der Waals surface area contributed by atoms with Gasteiger partial charge in [0, 0.05) is 0 Å². The summed E-state index contributed by atoms with van der Waals surface area (Å²) in [6.07, 6.45) is 0. The van der Waals surface area contributed by atoms with Crippen LogP contribution in [-0.4, -0.2) is 21.3 Å². The van der Waals surface area contributed by atoms with Crippen molar-refractivity contribution in [2.24, 2.45) is 6.66 Å². The second-order valence-corrected chi connectivity index (χ2v) is 4.44. The molecule has 0 aromatic carbocycles. The number of aryl methyl sites for hydroxylation is 1. The average molecular weight is 201 g/mol. The lowest BCUT2D eigenvalue weighted by molar-refractivity contribution is 0.326. The smallest absolute Gasteiger partial charge is 0.211 e. The highest BCUT2D eigenvalue weighted by molar-refractivity contribution is 7.46. The third-order valence-corrected chi connectivity index (χ3v) is 3.02. The van der Waals surface area contributed by atoms with E-state index in [9.17, 15) is 0 Å². The van der Waals surface area contributed by atoms with Gasteiger partial charge in [0.1, 0.15) is 14.2 Å². The van der Waals surface area contributed by atoms with Crippen LogP contribution in [0.25, 0.3) is 0 Å². The van der Waals surface area contributed by atoms with E-state index in [1.807, 2.05) is 0 Å². The summed E-state index contributed by atoms with van der Waals surface area (Å²) in [5, 5.41) is 0. The monoisotopic (exact) mass is 201 g/mol. The van der Waals surface area contributed by atoms with Crippen molar-refractivity contribution in [3.05, 3.63) is 11.6 Å². The van der Waals surface area contributed by atoms with Crippen molar-refractivity contribution in [1.82, 2.24) is 0 Å². The van der Waals surface area contributed by atoms with Gasteiger partial charge in [0.25, 0.3) is 0 Å². The molecule has 13 heavy (non-hydrogen) atoms. The molecular formula is C9H14O3P+. The number of hydrogen-bond donors (Lipinski definition) is 0. The molecule has 0 aliphatic heterocycles. The molecule has 0 spiro atoms. The average Bonchev–Trinajstić information content (AvgIpc) is 2.16. The van der Waals surface area contributed by atoms with Crippen LogP contribution in [0.2, 0.25) is 0 Å². The maximum absolute atomic E-state index is 5.19. The maximum Gasteiger partial charge on any atom is 0.211 e. The molecule has 1 rings (SSSR count). The van der Waals surface area contributed by atoms with Crippen LogP contribution in [0.15, 0.2) is 11.6 Å². The highest BCUT2D eigenvalue weighted by Crippen LogP contribution is 2.44. The molecular weight excluding hydrogens is 187 g/mol. The van der Waals surface area contributed by atoms with Crippen LogP contribution < -0.4 is 14.2 Å². The third-order valence-electron chi connectivity index (χ3n) is 1.73. The van der Waals surface area contributed by atoms with Crippen LogP contribution in [0.4, 0.5) is 0 Å². The molecule has 0 atom stereocenters. The zero-order chi connectivity index (χ0) is 9.84. The summed E-state index contributed by atoms with van der Waals surface area (Å²) in [7, 11) is 4.58. The molecule has 0 aliphatic carbocycles. The number of hydrogen-bond acceptors (Lipinski definition) is 3. The predicted octanol–water partition coefficient (Wildman–Crippen LogP) is 2.52. The van der Waals surface area contributed by atoms with E-state index in [0.717, 1.165) is 11.5 Å². The van der Waals surface area contributed by atoms with Gasteiger partial charge in [-0.05, 0) is 0 Å². The number of methoxy groups -OCH3 is 3. The predicted molar refractivity (Wildman–Crippen MR) is 54.2 cm³/mol. The summed E-state index contributed by atoms with van der Waals surface area (Å²) < 4.78 is 15.6. The molecule has 0 saturated carbocycles. The van der Waals surface area contributed by atoms with Crippen LogP contribution in [-0.2, 0) is 6.66 Å². The summed E-state index contributed by atoms with van der Waals surface area (Å²) in [6.45, 7) is 2.12. The Balaban J connectivity index is 3.25. The minimum atomic E-state index is -0.289. The summed E-state index contributed by atoms with van der Waals surface area (Å²) in [4.78, 5) is 0. The SMILES string of the molecule is COc1c[p+](C)cc(OC)c1OC. The van der Waals surface area contributed by atoms with Gasteiger partial charge < -0.3 is 14.2 Å². The first-order valence-electron chi connectivity index (χ1n) is 3.88. The van der Waals surface area contributed by atoms with E-state index < -0.39 is 0 Å². The van der Waals surface area contributed by atoms with Gasteiger partial charge in [-0.3, -0.25) is 0 Å². The van der Waals surface area contributed by atoms with Gasteiger partial charge in [0.15, 0.2) is 11.6 Å². The molecule has 0 unspecified atom stereocenters. The van der Waals surface area contributed by atoms with Crippen molar-refractivity contribution in [1.29, 1.82) is 0 Å². The van der Waals surface area contributed by atoms with Crippen molar-refractivity contribution >= 4 is 7.53 Å². The van der Waals surface area contributed by atoms with Crippen LogP contribution in [0.3, 0.4) is 0 Å². The van der Waals surface area contributed by atoms with Gasteiger partial charge in [0.2, 0.25) is 17.2 Å². The van der Waals surface area contributed by atoms with Crippen molar-refractivity contribution in [2.75, 3.05) is 21.3 Å². The molecule has 1 heterocycles. The first-order valence-corrected chi connectivity index (χ1v) is 5.81. The van der Waals surface area contributed by atoms with Crippen molar-refractivity contribution in [2.45, 2.75) is 0 Å². The lowest BCUT2D eigenvalue weighted by Crippen LogP contribution is -1.93. The summed E-state index contributed by atoms with van der Waals surface area (Å²) in [5.41, 5.74) is 0. The van der Waals surface area contributed by atoms with Crippen molar-refractivity contribution in [3.8, 4) is 17.2 Å². The van der Waals surface area contributed by atoms with E-state index in [1.54, 1.807) is 21.3 Å². The molecule has 0 bridgehead atoms. The molecule has 72 valence electrons. The van der Waals surface area contributed by atoms with Crippen LogP contribution in [0, 0.1) is 0 Å². The Bertz CT molecular complexity index is 274. The zero-order valence-electron chi connectivity index (χ0n) is 8.33. The van der Waals surface area contributed by atoms with E-state index >= 15 is 0 Å². The van der Waals surface area contributed by atoms with E-state index in [1.165, 1.54) is 0 Å². The van der Waals surface area contributed by atoms with Gasteiger partial charge in [-0.25, -0.2) is 0 Å². The molecule has 0 N–H and O–H groups in total. The third kappa shape index (κ3) is 2.04. The van der Waals surface area contributed by atoms with Gasteiger partial charge >= 0.3 is 0 Å². The highest BCUT2D eigenvalue weighted by atomic mass is 31.1. The summed E-state index contributed by atoms with van der Waals surface area (Å²) in [6, 6.07) is 0. The largest absolute Gasteiger partial charge is 0.490 e. The normalized spacial score (nSPS) is 9.54. The van der Waals surface area contributed by atoms with Crippen LogP contribution in [0.1, 0.15) is 0 Å². The van der Waals surface area contributed by atoms with Crippen LogP contribution >= 0.6 is 7.53 Å². The van der Waals surface area contributed by atoms with Gasteiger partial charge in [0.05, 0.1) is 21.3 Å². The molecule has 1 aromatic rings. The Morgan fingerprint density at radius 2 is 1.38 bits per heavy atom. The fourth-order valence-corrected chi connectivity index (χ4v) is 2.40. The first kappa shape index (κ1) is 10.1. The molecule has 0 fully saturated rings. The first-order chi connectivity index (χ1) is 6.22. The highest BCUT2D eigenvalue weighted by Gasteiger charge is 2.16. The zero-order valence-corrected chi connectivity index (χ0v) is 9.22. The van der Waals surface area contributed by atoms with E-state index in [4.69, 9.17) is 14.2 Å². The Hall–Kier alpha value is -0.950. The molecule has 4 heteroatoms. The standard InChI is InChI=1S/C9H14O3P/c1-10-7-5-13(4)6-8(11-2)9(7)12-3/h5-6H,1-4H3/q+1. The molecule has 1 aromatic heterocycles. The number of ether oxygens (including phenoxy) is 3. The molecule has 0 saturated heterocycles. The molecule has 0 amide bonds. The number of rotatable bonds is 3. The van der Waals surface area contributed by atoms with E-state index in [2.05, 4.69) is 18.3 Å². The minimum Gasteiger partial charge on any atom is -0.490 e. The Morgan fingerprint density at radius 3 is 1.69 bits per heavy atom. The Morgan fingerprint density at radius 1 is 0.923 bits per heavy atom. The summed E-state index contributed by atoms with van der Waals surface area (Å²) >= 11 is 0.